The van der Waals surface area contributed by atoms with Crippen LogP contribution in [0.15, 0.2) is 0 Å². The van der Waals surface area contributed by atoms with Crippen molar-refractivity contribution in [3.8, 4) is 0 Å². The van der Waals surface area contributed by atoms with E-state index < -0.39 is 0 Å². The molecule has 0 bridgehead atoms. The Bertz CT molecular complexity index is 690. The highest BCUT2D eigenvalue weighted by atomic mass is 14.7. The smallest absolute Gasteiger partial charge is 0.0238 e. The van der Waals surface area contributed by atoms with Gasteiger partial charge in [-0.25, -0.2) is 0 Å². The van der Waals surface area contributed by atoms with E-state index in [0.29, 0.717) is 27.1 Å². The van der Waals surface area contributed by atoms with Crippen LogP contribution in [0.25, 0.3) is 0 Å². The van der Waals surface area contributed by atoms with Crippen molar-refractivity contribution in [2.75, 3.05) is 0 Å². The maximum Gasteiger partial charge on any atom is -0.0238 e. The lowest BCUT2D eigenvalue weighted by Crippen LogP contribution is -2.63. The summed E-state index contributed by atoms with van der Waals surface area (Å²) < 4.78 is 0. The van der Waals surface area contributed by atoms with Gasteiger partial charge in [-0.2, -0.15) is 0 Å². The Hall–Kier alpha value is 0. The molecule has 0 heteroatoms. The van der Waals surface area contributed by atoms with Crippen molar-refractivity contribution in [1.82, 2.24) is 0 Å². The van der Waals surface area contributed by atoms with Crippen LogP contribution < -0.4 is 0 Å². The standard InChI is InChI=1S/C30H52/c1-20-11-12-30(21(20)2)18-17-28(7)23(22(30)3)9-10-24-25-19-26(4,5)13-14-27(25,6)15-16-29(24,28)8/h20-25H,9-19H2,1-8H3/t20-,21+,22+,23+,24+,25-,27+,28+,29+,30-/m0/s1. The maximum atomic E-state index is 2.80. The zero-order valence-electron chi connectivity index (χ0n) is 21.7. The molecule has 0 unspecified atom stereocenters. The van der Waals surface area contributed by atoms with E-state index in [0.717, 1.165) is 35.5 Å². The lowest BCUT2D eigenvalue weighted by molar-refractivity contribution is -0.222. The molecule has 0 N–H and O–H groups in total. The van der Waals surface area contributed by atoms with E-state index in [1.54, 1.807) is 0 Å². The van der Waals surface area contributed by atoms with E-state index in [2.05, 4.69) is 55.4 Å². The van der Waals surface area contributed by atoms with Crippen molar-refractivity contribution < 1.29 is 0 Å². The van der Waals surface area contributed by atoms with E-state index in [-0.39, 0.29) is 0 Å². The van der Waals surface area contributed by atoms with Crippen LogP contribution in [0.4, 0.5) is 0 Å². The van der Waals surface area contributed by atoms with Crippen LogP contribution in [0.2, 0.25) is 0 Å². The van der Waals surface area contributed by atoms with Crippen LogP contribution in [0, 0.1) is 62.6 Å². The molecule has 0 aromatic heterocycles. The molecule has 10 atom stereocenters. The second-order valence-corrected chi connectivity index (χ2v) is 15.1. The fourth-order valence-corrected chi connectivity index (χ4v) is 11.1. The predicted octanol–water partition coefficient (Wildman–Crippen LogP) is 9.13. The Morgan fingerprint density at radius 2 is 1.13 bits per heavy atom. The van der Waals surface area contributed by atoms with Crippen molar-refractivity contribution in [1.29, 1.82) is 0 Å². The number of hydrogen-bond acceptors (Lipinski definition) is 0. The Balaban J connectivity index is 1.48. The van der Waals surface area contributed by atoms with Crippen molar-refractivity contribution in [3.05, 3.63) is 0 Å². The largest absolute Gasteiger partial charge is 0.0622 e. The van der Waals surface area contributed by atoms with Crippen LogP contribution in [0.5, 0.6) is 0 Å². The van der Waals surface area contributed by atoms with E-state index in [9.17, 15) is 0 Å². The Morgan fingerprint density at radius 1 is 0.533 bits per heavy atom. The van der Waals surface area contributed by atoms with Gasteiger partial charge in [-0.3, -0.25) is 0 Å². The summed E-state index contributed by atoms with van der Waals surface area (Å²) >= 11 is 0. The Morgan fingerprint density at radius 3 is 1.80 bits per heavy atom. The summed E-state index contributed by atoms with van der Waals surface area (Å²) in [6, 6.07) is 0. The molecule has 0 aromatic carbocycles. The van der Waals surface area contributed by atoms with Gasteiger partial charge in [0.2, 0.25) is 0 Å². The quantitative estimate of drug-likeness (QED) is 0.372. The fourth-order valence-electron chi connectivity index (χ4n) is 11.1. The zero-order valence-corrected chi connectivity index (χ0v) is 21.7. The van der Waals surface area contributed by atoms with Crippen molar-refractivity contribution in [2.45, 2.75) is 126 Å². The molecule has 0 saturated heterocycles. The average molecular weight is 413 g/mol. The summed E-state index contributed by atoms with van der Waals surface area (Å²) in [6.07, 6.45) is 16.6. The zero-order chi connectivity index (χ0) is 21.7. The van der Waals surface area contributed by atoms with Crippen LogP contribution >= 0.6 is 0 Å². The second-order valence-electron chi connectivity index (χ2n) is 15.1. The molecular weight excluding hydrogens is 360 g/mol. The van der Waals surface area contributed by atoms with Gasteiger partial charge in [-0.1, -0.05) is 55.4 Å². The molecule has 5 aliphatic rings. The van der Waals surface area contributed by atoms with Gasteiger partial charge in [-0.05, 0) is 133 Å². The molecule has 5 rings (SSSR count). The first kappa shape index (κ1) is 21.8. The third kappa shape index (κ3) is 2.64. The summed E-state index contributed by atoms with van der Waals surface area (Å²) in [7, 11) is 0. The number of fused-ring (bicyclic) bond motifs is 5. The van der Waals surface area contributed by atoms with Gasteiger partial charge in [0.1, 0.15) is 0 Å². The molecule has 0 aromatic rings. The van der Waals surface area contributed by atoms with Crippen molar-refractivity contribution in [3.63, 3.8) is 0 Å². The van der Waals surface area contributed by atoms with E-state index in [1.807, 2.05) is 0 Å². The van der Waals surface area contributed by atoms with Crippen LogP contribution in [-0.4, -0.2) is 0 Å². The number of rotatable bonds is 0. The predicted molar refractivity (Wildman–Crippen MR) is 129 cm³/mol. The first-order chi connectivity index (χ1) is 13.9. The highest BCUT2D eigenvalue weighted by Gasteiger charge is 2.67. The van der Waals surface area contributed by atoms with Gasteiger partial charge in [0.05, 0.1) is 0 Å². The van der Waals surface area contributed by atoms with Gasteiger partial charge < -0.3 is 0 Å². The molecule has 0 nitrogen and oxygen atoms in total. The highest BCUT2D eigenvalue weighted by Crippen LogP contribution is 2.75. The van der Waals surface area contributed by atoms with Gasteiger partial charge >= 0.3 is 0 Å². The molecule has 0 amide bonds. The molecule has 5 fully saturated rings. The Kier molecular flexibility index (Phi) is 4.75. The van der Waals surface area contributed by atoms with Gasteiger partial charge in [0.25, 0.3) is 0 Å². The minimum atomic E-state index is 0.569. The minimum absolute atomic E-state index is 0.569. The molecule has 30 heavy (non-hydrogen) atoms. The summed E-state index contributed by atoms with van der Waals surface area (Å²) in [5, 5.41) is 0. The third-order valence-corrected chi connectivity index (χ3v) is 13.9. The molecule has 172 valence electrons. The summed E-state index contributed by atoms with van der Waals surface area (Å²) in [5.74, 6) is 5.76. The molecule has 0 aliphatic heterocycles. The molecule has 5 saturated carbocycles. The molecule has 5 aliphatic carbocycles. The lowest BCUT2D eigenvalue weighted by Gasteiger charge is -2.71. The summed E-state index contributed by atoms with van der Waals surface area (Å²) in [5.41, 5.74) is 3.04. The normalized spacial score (nSPS) is 60.0. The maximum absolute atomic E-state index is 2.80. The lowest BCUT2D eigenvalue weighted by atomic mass is 9.34. The first-order valence-corrected chi connectivity index (χ1v) is 13.9. The average Bonchev–Trinajstić information content (AvgIpc) is 2.97. The van der Waals surface area contributed by atoms with Crippen molar-refractivity contribution >= 4 is 0 Å². The van der Waals surface area contributed by atoms with Gasteiger partial charge in [0.15, 0.2) is 0 Å². The van der Waals surface area contributed by atoms with Crippen LogP contribution in [-0.2, 0) is 0 Å². The fraction of sp³-hybridized carbons (Fsp3) is 1.00. The second kappa shape index (κ2) is 6.53. The minimum Gasteiger partial charge on any atom is -0.0622 e. The topological polar surface area (TPSA) is 0 Å². The molecule has 1 spiro atoms. The molecule has 0 heterocycles. The highest BCUT2D eigenvalue weighted by molar-refractivity contribution is 5.16. The van der Waals surface area contributed by atoms with Crippen LogP contribution in [0.1, 0.15) is 126 Å². The summed E-state index contributed by atoms with van der Waals surface area (Å²) in [4.78, 5) is 0. The molecule has 0 radical (unpaired) electrons. The molecular formula is C30H52. The van der Waals surface area contributed by atoms with E-state index >= 15 is 0 Å². The first-order valence-electron chi connectivity index (χ1n) is 13.9. The third-order valence-electron chi connectivity index (χ3n) is 13.9. The van der Waals surface area contributed by atoms with Gasteiger partial charge in [-0.15, -0.1) is 0 Å². The Labute approximate surface area is 188 Å². The van der Waals surface area contributed by atoms with Crippen molar-refractivity contribution in [2.24, 2.45) is 62.6 Å². The van der Waals surface area contributed by atoms with Gasteiger partial charge in [0, 0.05) is 0 Å². The van der Waals surface area contributed by atoms with Crippen LogP contribution in [0.3, 0.4) is 0 Å². The van der Waals surface area contributed by atoms with E-state index in [1.165, 1.54) is 70.6 Å². The van der Waals surface area contributed by atoms with E-state index in [4.69, 9.17) is 0 Å². The monoisotopic (exact) mass is 412 g/mol. The number of hydrogen-bond donors (Lipinski definition) is 0. The summed E-state index contributed by atoms with van der Waals surface area (Å²) in [6.45, 7) is 21.3. The SMILES string of the molecule is C[C@@H]1[C@H]2CC[C@@H]3[C@@H]4CC(C)(C)CC[C@]4(C)CC[C@@]3(C)[C@]2(C)CC[C@]12CC[C@H](C)[C@H]2C.